The number of esters is 1. The number of ether oxygens (including phenoxy) is 1. The minimum atomic E-state index is -0.00739. The van der Waals surface area contributed by atoms with E-state index in [0.717, 1.165) is 43.1 Å². The van der Waals surface area contributed by atoms with E-state index in [0.29, 0.717) is 23.7 Å². The van der Waals surface area contributed by atoms with Gasteiger partial charge in [0, 0.05) is 6.42 Å². The highest BCUT2D eigenvalue weighted by Gasteiger charge is 2.59. The fourth-order valence-electron chi connectivity index (χ4n) is 7.89. The molecule has 0 spiro atoms. The minimum absolute atomic E-state index is 0.00739. The summed E-state index contributed by atoms with van der Waals surface area (Å²) in [5.41, 5.74) is 1.62. The number of carbonyl (C=O) groups is 2. The van der Waals surface area contributed by atoms with E-state index < -0.39 is 0 Å². The molecule has 156 valence electrons. The maximum atomic E-state index is 12.2. The first-order valence-corrected chi connectivity index (χ1v) is 11.7. The van der Waals surface area contributed by atoms with Crippen molar-refractivity contribution in [2.75, 3.05) is 0 Å². The molecule has 0 aliphatic heterocycles. The Morgan fingerprint density at radius 3 is 2.61 bits per heavy atom. The number of hydrogen-bond donors (Lipinski definition) is 0. The number of carbonyl (C=O) groups excluding carboxylic acids is 2. The van der Waals surface area contributed by atoms with Gasteiger partial charge in [-0.3, -0.25) is 9.59 Å². The van der Waals surface area contributed by atoms with E-state index in [1.807, 2.05) is 6.92 Å². The third kappa shape index (κ3) is 3.08. The quantitative estimate of drug-likeness (QED) is 0.568. The zero-order valence-corrected chi connectivity index (χ0v) is 18.3. The first kappa shape index (κ1) is 20.2. The smallest absolute Gasteiger partial charge is 0.306 e. The zero-order valence-electron chi connectivity index (χ0n) is 18.3. The number of ketones is 1. The molecule has 4 rings (SSSR count). The molecule has 0 aromatic carbocycles. The predicted molar refractivity (Wildman–Crippen MR) is 111 cm³/mol. The van der Waals surface area contributed by atoms with Crippen LogP contribution in [0.3, 0.4) is 0 Å². The van der Waals surface area contributed by atoms with Crippen molar-refractivity contribution >= 4 is 11.8 Å². The highest BCUT2D eigenvalue weighted by atomic mass is 16.5. The van der Waals surface area contributed by atoms with Crippen LogP contribution in [0.1, 0.15) is 91.9 Å². The minimum Gasteiger partial charge on any atom is -0.462 e. The Hall–Kier alpha value is -1.12. The molecule has 0 radical (unpaired) electrons. The highest BCUT2D eigenvalue weighted by molar-refractivity contribution is 5.95. The maximum absolute atomic E-state index is 12.2. The lowest BCUT2D eigenvalue weighted by molar-refractivity contribution is -0.161. The Morgan fingerprint density at radius 1 is 1.11 bits per heavy atom. The molecule has 3 nitrogen and oxygen atoms in total. The van der Waals surface area contributed by atoms with Gasteiger partial charge < -0.3 is 4.74 Å². The Labute approximate surface area is 170 Å². The van der Waals surface area contributed by atoms with E-state index in [1.165, 1.54) is 32.1 Å². The summed E-state index contributed by atoms with van der Waals surface area (Å²) < 4.78 is 5.80. The molecule has 4 aliphatic carbocycles. The van der Waals surface area contributed by atoms with Crippen molar-refractivity contribution in [3.63, 3.8) is 0 Å². The van der Waals surface area contributed by atoms with Crippen LogP contribution < -0.4 is 0 Å². The molecule has 3 heteroatoms. The van der Waals surface area contributed by atoms with Gasteiger partial charge in [0.2, 0.25) is 0 Å². The van der Waals surface area contributed by atoms with Crippen molar-refractivity contribution in [2.45, 2.75) is 98.0 Å². The molecule has 0 saturated heterocycles. The van der Waals surface area contributed by atoms with E-state index in [1.54, 1.807) is 6.92 Å². The van der Waals surface area contributed by atoms with Gasteiger partial charge in [0.25, 0.3) is 0 Å². The van der Waals surface area contributed by atoms with Crippen LogP contribution >= 0.6 is 0 Å². The van der Waals surface area contributed by atoms with Crippen LogP contribution in [-0.4, -0.2) is 17.9 Å². The number of Topliss-reactive ketones (excluding diaryl/α,β-unsaturated/α-hetero) is 1. The average Bonchev–Trinajstić information content (AvgIpc) is 2.99. The molecule has 0 N–H and O–H groups in total. The summed E-state index contributed by atoms with van der Waals surface area (Å²) in [5, 5.41) is 0. The zero-order chi connectivity index (χ0) is 20.1. The van der Waals surface area contributed by atoms with Crippen molar-refractivity contribution in [1.82, 2.24) is 0 Å². The van der Waals surface area contributed by atoms with Gasteiger partial charge in [-0.2, -0.15) is 0 Å². The molecule has 7 atom stereocenters. The Balaban J connectivity index is 1.48. The van der Waals surface area contributed by atoms with E-state index in [9.17, 15) is 9.59 Å². The molecule has 3 fully saturated rings. The summed E-state index contributed by atoms with van der Waals surface area (Å²) in [4.78, 5) is 24.2. The van der Waals surface area contributed by atoms with Crippen LogP contribution in [0.25, 0.3) is 0 Å². The van der Waals surface area contributed by atoms with Gasteiger partial charge in [0.15, 0.2) is 5.78 Å². The van der Waals surface area contributed by atoms with Crippen LogP contribution in [0.15, 0.2) is 11.6 Å². The number of rotatable bonds is 4. The predicted octanol–water partition coefficient (Wildman–Crippen LogP) is 5.87. The van der Waals surface area contributed by atoms with Crippen LogP contribution in [-0.2, 0) is 14.3 Å². The Morgan fingerprint density at radius 2 is 1.89 bits per heavy atom. The molecule has 0 heterocycles. The molecule has 0 aromatic heterocycles. The largest absolute Gasteiger partial charge is 0.462 e. The van der Waals surface area contributed by atoms with Crippen molar-refractivity contribution in [1.29, 1.82) is 0 Å². The Kier molecular flexibility index (Phi) is 5.25. The maximum Gasteiger partial charge on any atom is 0.306 e. The van der Waals surface area contributed by atoms with Crippen LogP contribution in [0.4, 0.5) is 0 Å². The second-order valence-electron chi connectivity index (χ2n) is 10.7. The third-order valence-corrected chi connectivity index (χ3v) is 9.33. The monoisotopic (exact) mass is 386 g/mol. The second-order valence-corrected chi connectivity index (χ2v) is 10.7. The first-order chi connectivity index (χ1) is 13.3. The van der Waals surface area contributed by atoms with Crippen molar-refractivity contribution in [2.24, 2.45) is 34.5 Å². The first-order valence-electron chi connectivity index (χ1n) is 11.7. The molecule has 0 amide bonds. The topological polar surface area (TPSA) is 43.4 Å². The summed E-state index contributed by atoms with van der Waals surface area (Å²) in [6, 6.07) is 0. The van der Waals surface area contributed by atoms with Crippen LogP contribution in [0.2, 0.25) is 0 Å². The van der Waals surface area contributed by atoms with Gasteiger partial charge in [0.1, 0.15) is 6.10 Å². The van der Waals surface area contributed by atoms with E-state index >= 15 is 0 Å². The molecular formula is C25H38O3. The van der Waals surface area contributed by atoms with Crippen LogP contribution in [0, 0.1) is 34.5 Å². The summed E-state index contributed by atoms with van der Waals surface area (Å²) >= 11 is 0. The summed E-state index contributed by atoms with van der Waals surface area (Å²) in [6.07, 6.45) is 13.2. The summed E-state index contributed by atoms with van der Waals surface area (Å²) in [7, 11) is 0. The van der Waals surface area contributed by atoms with Crippen molar-refractivity contribution < 1.29 is 14.3 Å². The molecule has 0 unspecified atom stereocenters. The van der Waals surface area contributed by atoms with Gasteiger partial charge in [-0.25, -0.2) is 0 Å². The SMILES string of the molecule is CCCC(=O)O[C@@H]1CC[C@@]2(C)[C@@H](CC[C@@H]3[C@H]4CC=C(C(C)=O)[C@@]4(C)CC[C@@H]32)C1. The highest BCUT2D eigenvalue weighted by Crippen LogP contribution is 2.66. The number of fused-ring (bicyclic) bond motifs is 5. The molecule has 3 saturated carbocycles. The van der Waals surface area contributed by atoms with E-state index in [4.69, 9.17) is 4.74 Å². The lowest BCUT2D eigenvalue weighted by Gasteiger charge is -2.60. The molecular weight excluding hydrogens is 348 g/mol. The summed E-state index contributed by atoms with van der Waals surface area (Å²) in [5.74, 6) is 3.16. The molecule has 4 aliphatic rings. The second kappa shape index (κ2) is 7.29. The van der Waals surface area contributed by atoms with Gasteiger partial charge in [-0.15, -0.1) is 0 Å². The normalized spacial score (nSPS) is 44.7. The van der Waals surface area contributed by atoms with E-state index in [2.05, 4.69) is 19.9 Å². The van der Waals surface area contributed by atoms with Gasteiger partial charge in [0.05, 0.1) is 0 Å². The lowest BCUT2D eigenvalue weighted by atomic mass is 9.44. The van der Waals surface area contributed by atoms with Gasteiger partial charge in [-0.1, -0.05) is 26.8 Å². The standard InChI is InChI=1S/C25H38O3/c1-5-6-23(27)28-18-11-13-24(3)17(15-18)7-8-19-21-10-9-20(16(2)26)25(21,4)14-12-22(19)24/h9,17-19,21-22H,5-8,10-15H2,1-4H3/t17-,18+,19+,21+,22-,24-,25+/m0/s1. The molecule has 28 heavy (non-hydrogen) atoms. The van der Waals surface area contributed by atoms with Gasteiger partial charge in [-0.05, 0) is 105 Å². The summed E-state index contributed by atoms with van der Waals surface area (Å²) in [6.45, 7) is 8.69. The molecule has 0 bridgehead atoms. The van der Waals surface area contributed by atoms with Gasteiger partial charge >= 0.3 is 5.97 Å². The van der Waals surface area contributed by atoms with Crippen LogP contribution in [0.5, 0.6) is 0 Å². The fraction of sp³-hybridized carbons (Fsp3) is 0.840. The average molecular weight is 387 g/mol. The number of allylic oxidation sites excluding steroid dienone is 2. The van der Waals surface area contributed by atoms with Crippen molar-refractivity contribution in [3.8, 4) is 0 Å². The molecule has 0 aromatic rings. The fourth-order valence-corrected chi connectivity index (χ4v) is 7.89. The lowest BCUT2D eigenvalue weighted by Crippen LogP contribution is -2.54. The Bertz CT molecular complexity index is 679. The number of hydrogen-bond acceptors (Lipinski definition) is 3. The van der Waals surface area contributed by atoms with E-state index in [-0.39, 0.29) is 23.3 Å². The van der Waals surface area contributed by atoms with Crippen molar-refractivity contribution in [3.05, 3.63) is 11.6 Å². The third-order valence-electron chi connectivity index (χ3n) is 9.33.